The predicted molar refractivity (Wildman–Crippen MR) is 79.1 cm³/mol. The van der Waals surface area contributed by atoms with Crippen LogP contribution in [0.4, 0.5) is 0 Å². The highest BCUT2D eigenvalue weighted by Crippen LogP contribution is 2.57. The van der Waals surface area contributed by atoms with Crippen LogP contribution in [-0.4, -0.2) is 23.8 Å². The Bertz CT molecular complexity index is 473. The summed E-state index contributed by atoms with van der Waals surface area (Å²) in [5.74, 6) is -0.594. The van der Waals surface area contributed by atoms with Crippen LogP contribution in [0.15, 0.2) is 23.3 Å². The number of esters is 1. The third-order valence-corrected chi connectivity index (χ3v) is 5.13. The maximum atomic E-state index is 12.4. The van der Waals surface area contributed by atoms with Gasteiger partial charge < -0.3 is 9.84 Å². The number of carbonyl (C=O) groups is 1. The third-order valence-electron chi connectivity index (χ3n) is 5.13. The lowest BCUT2D eigenvalue weighted by Crippen LogP contribution is -2.52. The topological polar surface area (TPSA) is 46.5 Å². The molecule has 2 aliphatic rings. The first kappa shape index (κ1) is 15.3. The van der Waals surface area contributed by atoms with Gasteiger partial charge in [-0.3, -0.25) is 4.79 Å². The maximum absolute atomic E-state index is 12.4. The van der Waals surface area contributed by atoms with E-state index in [-0.39, 0.29) is 17.3 Å². The second-order valence-electron chi connectivity index (χ2n) is 6.90. The molecule has 2 rings (SSSR count). The number of aliphatic hydroxyl groups is 1. The van der Waals surface area contributed by atoms with E-state index >= 15 is 0 Å². The first-order chi connectivity index (χ1) is 9.25. The smallest absolute Gasteiger partial charge is 0.314 e. The number of fused-ring (bicyclic) bond motifs is 1. The van der Waals surface area contributed by atoms with Gasteiger partial charge in [-0.2, -0.15) is 0 Å². The molecule has 0 bridgehead atoms. The zero-order valence-corrected chi connectivity index (χ0v) is 13.2. The van der Waals surface area contributed by atoms with Crippen molar-refractivity contribution in [2.45, 2.75) is 53.6 Å². The highest BCUT2D eigenvalue weighted by atomic mass is 16.5. The lowest BCUT2D eigenvalue weighted by atomic mass is 9.52. The molecule has 3 nitrogen and oxygen atoms in total. The van der Waals surface area contributed by atoms with Crippen LogP contribution in [0.5, 0.6) is 0 Å². The van der Waals surface area contributed by atoms with Gasteiger partial charge in [0, 0.05) is 5.41 Å². The fourth-order valence-electron chi connectivity index (χ4n) is 4.03. The molecule has 0 radical (unpaired) electrons. The minimum atomic E-state index is -0.549. The van der Waals surface area contributed by atoms with E-state index in [1.54, 1.807) is 0 Å². The number of allylic oxidation sites excluding steroid dienone is 2. The van der Waals surface area contributed by atoms with Gasteiger partial charge in [0.15, 0.2) is 0 Å². The van der Waals surface area contributed by atoms with Crippen LogP contribution < -0.4 is 0 Å². The van der Waals surface area contributed by atoms with Gasteiger partial charge in [0.2, 0.25) is 0 Å². The molecule has 0 saturated heterocycles. The van der Waals surface area contributed by atoms with E-state index in [1.165, 1.54) is 5.57 Å². The Kier molecular flexibility index (Phi) is 3.85. The molecule has 0 spiro atoms. The zero-order chi connectivity index (χ0) is 15.1. The second-order valence-corrected chi connectivity index (χ2v) is 6.90. The average molecular weight is 278 g/mol. The van der Waals surface area contributed by atoms with Crippen LogP contribution >= 0.6 is 0 Å². The van der Waals surface area contributed by atoms with Gasteiger partial charge in [-0.15, -0.1) is 0 Å². The molecular weight excluding hydrogens is 252 g/mol. The summed E-state index contributed by atoms with van der Waals surface area (Å²) in [6.07, 6.45) is 5.29. The number of rotatable bonds is 2. The molecule has 0 unspecified atom stereocenters. The molecule has 0 aromatic rings. The monoisotopic (exact) mass is 278 g/mol. The van der Waals surface area contributed by atoms with E-state index in [1.807, 2.05) is 26.8 Å². The van der Waals surface area contributed by atoms with Gasteiger partial charge >= 0.3 is 5.97 Å². The van der Waals surface area contributed by atoms with Crippen molar-refractivity contribution >= 4 is 5.97 Å². The Morgan fingerprint density at radius 3 is 2.65 bits per heavy atom. The lowest BCUT2D eigenvalue weighted by molar-refractivity contribution is -0.154. The third kappa shape index (κ3) is 2.12. The quantitative estimate of drug-likeness (QED) is 0.789. The minimum Gasteiger partial charge on any atom is -0.466 e. The van der Waals surface area contributed by atoms with Gasteiger partial charge in [-0.1, -0.05) is 44.1 Å². The highest BCUT2D eigenvalue weighted by molar-refractivity contribution is 5.78. The first-order valence-electron chi connectivity index (χ1n) is 7.49. The molecule has 3 atom stereocenters. The van der Waals surface area contributed by atoms with E-state index in [2.05, 4.69) is 19.9 Å². The molecule has 0 aromatic heterocycles. The second kappa shape index (κ2) is 5.03. The largest absolute Gasteiger partial charge is 0.466 e. The number of hydrogen-bond donors (Lipinski definition) is 1. The summed E-state index contributed by atoms with van der Waals surface area (Å²) in [6.45, 7) is 10.5. The minimum absolute atomic E-state index is 0.00985. The normalized spacial score (nSPS) is 35.7. The fraction of sp³-hybridized carbons (Fsp3) is 0.706. The van der Waals surface area contributed by atoms with Crippen molar-refractivity contribution in [3.63, 3.8) is 0 Å². The van der Waals surface area contributed by atoms with Gasteiger partial charge in [-0.05, 0) is 32.1 Å². The van der Waals surface area contributed by atoms with Crippen LogP contribution in [0.1, 0.15) is 47.5 Å². The molecule has 0 aliphatic heterocycles. The molecule has 1 saturated carbocycles. The molecular formula is C17H26O3. The molecule has 0 aromatic carbocycles. The van der Waals surface area contributed by atoms with Crippen molar-refractivity contribution in [3.8, 4) is 0 Å². The predicted octanol–water partition coefficient (Wildman–Crippen LogP) is 3.24. The van der Waals surface area contributed by atoms with Crippen molar-refractivity contribution in [3.05, 3.63) is 23.3 Å². The van der Waals surface area contributed by atoms with Crippen LogP contribution in [0, 0.1) is 16.7 Å². The fourth-order valence-corrected chi connectivity index (χ4v) is 4.03. The van der Waals surface area contributed by atoms with Crippen molar-refractivity contribution < 1.29 is 14.6 Å². The van der Waals surface area contributed by atoms with E-state index in [9.17, 15) is 9.90 Å². The summed E-state index contributed by atoms with van der Waals surface area (Å²) < 4.78 is 5.26. The van der Waals surface area contributed by atoms with Gasteiger partial charge in [0.25, 0.3) is 0 Å². The Labute approximate surface area is 121 Å². The molecule has 20 heavy (non-hydrogen) atoms. The average Bonchev–Trinajstić information content (AvgIpc) is 2.34. The summed E-state index contributed by atoms with van der Waals surface area (Å²) in [4.78, 5) is 12.4. The molecule has 0 heterocycles. The van der Waals surface area contributed by atoms with Crippen LogP contribution in [0.2, 0.25) is 0 Å². The van der Waals surface area contributed by atoms with E-state index in [0.717, 1.165) is 18.4 Å². The standard InChI is InChI=1S/C17H26O3/c1-6-20-15(19)14-11(2)7-8-12-16(3,4)10-9-13(18)17(12,14)5/h7-8,13-14,18H,6,9-10H2,1-5H3/t13-,14+,17-/m1/s1. The Hall–Kier alpha value is -1.09. The van der Waals surface area contributed by atoms with Gasteiger partial charge in [0.05, 0.1) is 18.6 Å². The summed E-state index contributed by atoms with van der Waals surface area (Å²) in [6, 6.07) is 0. The molecule has 3 heteroatoms. The van der Waals surface area contributed by atoms with Crippen LogP contribution in [-0.2, 0) is 9.53 Å². The van der Waals surface area contributed by atoms with E-state index in [0.29, 0.717) is 6.61 Å². The Morgan fingerprint density at radius 2 is 2.05 bits per heavy atom. The van der Waals surface area contributed by atoms with E-state index < -0.39 is 11.5 Å². The molecule has 112 valence electrons. The number of carbonyl (C=O) groups excluding carboxylic acids is 1. The van der Waals surface area contributed by atoms with Crippen LogP contribution in [0.3, 0.4) is 0 Å². The first-order valence-corrected chi connectivity index (χ1v) is 7.49. The molecule has 1 fully saturated rings. The molecule has 2 aliphatic carbocycles. The summed E-state index contributed by atoms with van der Waals surface area (Å²) >= 11 is 0. The van der Waals surface area contributed by atoms with Crippen molar-refractivity contribution in [2.24, 2.45) is 16.7 Å². The van der Waals surface area contributed by atoms with Crippen molar-refractivity contribution in [2.75, 3.05) is 6.61 Å². The summed E-state index contributed by atoms with van der Waals surface area (Å²) in [5.41, 5.74) is 1.61. The number of aliphatic hydroxyl groups excluding tert-OH is 1. The highest BCUT2D eigenvalue weighted by Gasteiger charge is 2.55. The Morgan fingerprint density at radius 1 is 1.40 bits per heavy atom. The zero-order valence-electron chi connectivity index (χ0n) is 13.2. The van der Waals surface area contributed by atoms with Crippen molar-refractivity contribution in [1.29, 1.82) is 0 Å². The Balaban J connectivity index is 2.52. The SMILES string of the molecule is CCOC(=O)[C@@H]1C(C)=CC=C2C(C)(C)CC[C@@H](O)[C@@]21C. The number of ether oxygens (including phenoxy) is 1. The van der Waals surface area contributed by atoms with Gasteiger partial charge in [0.1, 0.15) is 0 Å². The van der Waals surface area contributed by atoms with Crippen LogP contribution in [0.25, 0.3) is 0 Å². The maximum Gasteiger partial charge on any atom is 0.314 e. The van der Waals surface area contributed by atoms with E-state index in [4.69, 9.17) is 4.74 Å². The number of hydrogen-bond acceptors (Lipinski definition) is 3. The molecule has 0 amide bonds. The molecule has 1 N–H and O–H groups in total. The lowest BCUT2D eigenvalue weighted by Gasteiger charge is -2.53. The summed E-state index contributed by atoms with van der Waals surface area (Å²) in [5, 5.41) is 10.6. The van der Waals surface area contributed by atoms with Crippen molar-refractivity contribution in [1.82, 2.24) is 0 Å². The van der Waals surface area contributed by atoms with Gasteiger partial charge in [-0.25, -0.2) is 0 Å². The summed E-state index contributed by atoms with van der Waals surface area (Å²) in [7, 11) is 0.